The van der Waals surface area contributed by atoms with Crippen LogP contribution in [0.25, 0.3) is 0 Å². The lowest BCUT2D eigenvalue weighted by molar-refractivity contribution is 0.321. The van der Waals surface area contributed by atoms with Crippen LogP contribution in [0.5, 0.6) is 5.88 Å². The van der Waals surface area contributed by atoms with Gasteiger partial charge in [-0.3, -0.25) is 5.10 Å². The largest absolute Gasteiger partial charge is 0.391 e. The Hall–Kier alpha value is -2.08. The molecular weight excluding hydrogens is 194 g/mol. The molecule has 0 saturated carbocycles. The molecule has 78 valence electrons. The lowest BCUT2D eigenvalue weighted by Gasteiger charge is -2.02. The Bertz CT molecular complexity index is 453. The maximum atomic E-state index is 5.00. The van der Waals surface area contributed by atoms with Gasteiger partial charge in [0.1, 0.15) is 5.82 Å². The summed E-state index contributed by atoms with van der Waals surface area (Å²) < 4.78 is 0. The molecule has 0 aliphatic carbocycles. The van der Waals surface area contributed by atoms with E-state index in [0.29, 0.717) is 17.5 Å². The highest BCUT2D eigenvalue weighted by Crippen LogP contribution is 2.15. The average molecular weight is 205 g/mol. The van der Waals surface area contributed by atoms with Crippen LogP contribution in [0.15, 0.2) is 24.3 Å². The van der Waals surface area contributed by atoms with Crippen LogP contribution in [0.2, 0.25) is 0 Å². The van der Waals surface area contributed by atoms with Crippen LogP contribution in [0, 0.1) is 6.92 Å². The second-order valence-corrected chi connectivity index (χ2v) is 3.04. The molecule has 0 bridgehead atoms. The SMILES string of the molecule is Cc1cc(Nc2cccc(ON)n2)n[nH]1. The van der Waals surface area contributed by atoms with Crippen molar-refractivity contribution in [3.8, 4) is 5.88 Å². The monoisotopic (exact) mass is 205 g/mol. The maximum absolute atomic E-state index is 5.00. The van der Waals surface area contributed by atoms with Gasteiger partial charge in [-0.2, -0.15) is 16.0 Å². The summed E-state index contributed by atoms with van der Waals surface area (Å²) in [6, 6.07) is 7.13. The predicted molar refractivity (Wildman–Crippen MR) is 55.7 cm³/mol. The number of nitrogens with zero attached hydrogens (tertiary/aromatic N) is 2. The maximum Gasteiger partial charge on any atom is 0.239 e. The standard InChI is InChI=1S/C9H11N5O/c1-6-5-8(14-13-6)11-7-3-2-4-9(12-7)15-10/h2-5H,10H2,1H3,(H2,11,12,13,14). The van der Waals surface area contributed by atoms with Crippen LogP contribution in [0.3, 0.4) is 0 Å². The number of aryl methyl sites for hydroxylation is 1. The molecule has 4 N–H and O–H groups in total. The first-order chi connectivity index (χ1) is 7.28. The first-order valence-corrected chi connectivity index (χ1v) is 4.41. The molecule has 2 heterocycles. The van der Waals surface area contributed by atoms with Gasteiger partial charge in [-0.25, -0.2) is 0 Å². The van der Waals surface area contributed by atoms with Gasteiger partial charge in [0.2, 0.25) is 5.88 Å². The lowest BCUT2D eigenvalue weighted by atomic mass is 10.4. The molecule has 2 rings (SSSR count). The van der Waals surface area contributed by atoms with E-state index in [1.165, 1.54) is 0 Å². The number of pyridine rings is 1. The predicted octanol–water partition coefficient (Wildman–Crippen LogP) is 1.11. The van der Waals surface area contributed by atoms with Crippen LogP contribution in [0.1, 0.15) is 5.69 Å². The number of hydrogen-bond donors (Lipinski definition) is 3. The highest BCUT2D eigenvalue weighted by Gasteiger charge is 2.00. The van der Waals surface area contributed by atoms with E-state index in [1.807, 2.05) is 13.0 Å². The summed E-state index contributed by atoms with van der Waals surface area (Å²) in [5, 5.41) is 9.85. The molecule has 0 aliphatic rings. The van der Waals surface area contributed by atoms with Gasteiger partial charge in [-0.15, -0.1) is 0 Å². The number of aromatic amines is 1. The smallest absolute Gasteiger partial charge is 0.239 e. The van der Waals surface area contributed by atoms with Gasteiger partial charge < -0.3 is 10.2 Å². The number of anilines is 2. The van der Waals surface area contributed by atoms with Crippen LogP contribution >= 0.6 is 0 Å². The Labute approximate surface area is 86.4 Å². The molecule has 0 aliphatic heterocycles. The second-order valence-electron chi connectivity index (χ2n) is 3.04. The molecule has 0 radical (unpaired) electrons. The van der Waals surface area contributed by atoms with Gasteiger partial charge in [0.15, 0.2) is 5.82 Å². The molecule has 0 aromatic carbocycles. The Morgan fingerprint density at radius 1 is 1.40 bits per heavy atom. The van der Waals surface area contributed by atoms with E-state index in [0.717, 1.165) is 5.69 Å². The number of nitrogens with two attached hydrogens (primary N) is 1. The van der Waals surface area contributed by atoms with Crippen LogP contribution < -0.4 is 16.1 Å². The molecule has 15 heavy (non-hydrogen) atoms. The number of hydrogen-bond acceptors (Lipinski definition) is 5. The number of nitrogens with one attached hydrogen (secondary N) is 2. The fraction of sp³-hybridized carbons (Fsp3) is 0.111. The minimum atomic E-state index is 0.354. The van der Waals surface area contributed by atoms with Gasteiger partial charge in [0, 0.05) is 17.8 Å². The van der Waals surface area contributed by atoms with Crippen LogP contribution in [-0.2, 0) is 0 Å². The number of H-pyrrole nitrogens is 1. The van der Waals surface area contributed by atoms with Crippen molar-refractivity contribution in [2.24, 2.45) is 5.90 Å². The minimum Gasteiger partial charge on any atom is -0.391 e. The van der Waals surface area contributed by atoms with Crippen LogP contribution in [-0.4, -0.2) is 15.2 Å². The molecule has 2 aromatic rings. The third kappa shape index (κ3) is 2.23. The second kappa shape index (κ2) is 3.97. The number of rotatable bonds is 3. The van der Waals surface area contributed by atoms with E-state index in [9.17, 15) is 0 Å². The third-order valence-electron chi connectivity index (χ3n) is 1.81. The van der Waals surface area contributed by atoms with E-state index in [1.54, 1.807) is 18.2 Å². The molecule has 6 nitrogen and oxygen atoms in total. The van der Waals surface area contributed by atoms with Crippen molar-refractivity contribution in [3.05, 3.63) is 30.0 Å². The zero-order valence-corrected chi connectivity index (χ0v) is 8.19. The molecular formula is C9H11N5O. The summed E-state index contributed by atoms with van der Waals surface area (Å²) in [6.45, 7) is 1.92. The van der Waals surface area contributed by atoms with E-state index in [4.69, 9.17) is 5.90 Å². The van der Waals surface area contributed by atoms with Crippen LogP contribution in [0.4, 0.5) is 11.6 Å². The summed E-state index contributed by atoms with van der Waals surface area (Å²) in [5.74, 6) is 6.69. The summed E-state index contributed by atoms with van der Waals surface area (Å²) in [7, 11) is 0. The number of aromatic nitrogens is 3. The molecule has 0 spiro atoms. The zero-order valence-electron chi connectivity index (χ0n) is 8.19. The van der Waals surface area contributed by atoms with Gasteiger partial charge in [-0.1, -0.05) is 6.07 Å². The van der Waals surface area contributed by atoms with E-state index in [-0.39, 0.29) is 0 Å². The van der Waals surface area contributed by atoms with E-state index >= 15 is 0 Å². The van der Waals surface area contributed by atoms with Gasteiger partial charge >= 0.3 is 0 Å². The van der Waals surface area contributed by atoms with Gasteiger partial charge in [0.25, 0.3) is 0 Å². The molecule has 2 aromatic heterocycles. The summed E-state index contributed by atoms with van der Waals surface area (Å²) in [6.07, 6.45) is 0. The topological polar surface area (TPSA) is 88.8 Å². The summed E-state index contributed by atoms with van der Waals surface area (Å²) >= 11 is 0. The Kier molecular flexibility index (Phi) is 2.51. The summed E-state index contributed by atoms with van der Waals surface area (Å²) in [5.41, 5.74) is 0.976. The Morgan fingerprint density at radius 2 is 2.27 bits per heavy atom. The minimum absolute atomic E-state index is 0.354. The van der Waals surface area contributed by atoms with Gasteiger partial charge in [0.05, 0.1) is 0 Å². The zero-order chi connectivity index (χ0) is 10.7. The molecule has 0 fully saturated rings. The fourth-order valence-electron chi connectivity index (χ4n) is 1.16. The highest BCUT2D eigenvalue weighted by molar-refractivity contribution is 5.52. The normalized spacial score (nSPS) is 10.0. The van der Waals surface area contributed by atoms with E-state index in [2.05, 4.69) is 25.3 Å². The Morgan fingerprint density at radius 3 is 2.93 bits per heavy atom. The van der Waals surface area contributed by atoms with Gasteiger partial charge in [-0.05, 0) is 13.0 Å². The van der Waals surface area contributed by atoms with Crippen molar-refractivity contribution in [2.75, 3.05) is 5.32 Å². The molecule has 0 atom stereocenters. The highest BCUT2D eigenvalue weighted by atomic mass is 16.6. The molecule has 0 amide bonds. The Balaban J connectivity index is 2.16. The van der Waals surface area contributed by atoms with Crippen molar-refractivity contribution in [3.63, 3.8) is 0 Å². The van der Waals surface area contributed by atoms with Crippen molar-refractivity contribution < 1.29 is 4.84 Å². The quantitative estimate of drug-likeness (QED) is 0.653. The molecule has 0 unspecified atom stereocenters. The third-order valence-corrected chi connectivity index (χ3v) is 1.81. The lowest BCUT2D eigenvalue weighted by Crippen LogP contribution is -2.04. The van der Waals surface area contributed by atoms with Crippen molar-refractivity contribution in [2.45, 2.75) is 6.92 Å². The molecule has 6 heteroatoms. The van der Waals surface area contributed by atoms with Crippen molar-refractivity contribution in [1.29, 1.82) is 0 Å². The van der Waals surface area contributed by atoms with E-state index < -0.39 is 0 Å². The first-order valence-electron chi connectivity index (χ1n) is 4.41. The average Bonchev–Trinajstić information content (AvgIpc) is 2.64. The summed E-state index contributed by atoms with van der Waals surface area (Å²) in [4.78, 5) is 8.60. The first kappa shape index (κ1) is 9.47. The fourth-order valence-corrected chi connectivity index (χ4v) is 1.16. The molecule has 0 saturated heterocycles. The van der Waals surface area contributed by atoms with Crippen molar-refractivity contribution in [1.82, 2.24) is 15.2 Å². The van der Waals surface area contributed by atoms with Crippen molar-refractivity contribution >= 4 is 11.6 Å².